The summed E-state index contributed by atoms with van der Waals surface area (Å²) in [5, 5.41) is 14.2. The van der Waals surface area contributed by atoms with E-state index in [4.69, 9.17) is 0 Å². The Morgan fingerprint density at radius 2 is 1.88 bits per heavy atom. The van der Waals surface area contributed by atoms with Gasteiger partial charge in [-0.15, -0.1) is 18.3 Å². The molecule has 0 radical (unpaired) electrons. The molecule has 0 unspecified atom stereocenters. The SMILES string of the molecule is Cc1nnsc1-c1c(NC(=O)NCCCN(C)C)c(C)nn1-c1ccc(OC(F)(F)F)cc1. The number of urea groups is 1. The van der Waals surface area contributed by atoms with Gasteiger partial charge in [-0.1, -0.05) is 4.49 Å². The molecule has 2 N–H and O–H groups in total. The number of ether oxygens (including phenoxy) is 1. The zero-order chi connectivity index (χ0) is 24.2. The first-order chi connectivity index (χ1) is 15.5. The number of rotatable bonds is 8. The summed E-state index contributed by atoms with van der Waals surface area (Å²) in [4.78, 5) is 15.2. The molecular formula is C20H24F3N7O2S. The van der Waals surface area contributed by atoms with Gasteiger partial charge in [0.2, 0.25) is 0 Å². The average Bonchev–Trinajstić information content (AvgIpc) is 3.27. The summed E-state index contributed by atoms with van der Waals surface area (Å²) in [6, 6.07) is 4.91. The van der Waals surface area contributed by atoms with Crippen LogP contribution in [0.2, 0.25) is 0 Å². The first-order valence-corrected chi connectivity index (χ1v) is 10.8. The van der Waals surface area contributed by atoms with Crippen LogP contribution < -0.4 is 15.4 Å². The Kier molecular flexibility index (Phi) is 7.53. The Morgan fingerprint density at radius 1 is 1.18 bits per heavy atom. The van der Waals surface area contributed by atoms with Crippen LogP contribution in [0.15, 0.2) is 24.3 Å². The molecule has 0 saturated heterocycles. The number of alkyl halides is 3. The van der Waals surface area contributed by atoms with E-state index in [-0.39, 0.29) is 11.8 Å². The fourth-order valence-electron chi connectivity index (χ4n) is 3.07. The van der Waals surface area contributed by atoms with Gasteiger partial charge in [0.15, 0.2) is 0 Å². The molecule has 1 aromatic carbocycles. The maximum absolute atomic E-state index is 12.5. The van der Waals surface area contributed by atoms with Crippen molar-refractivity contribution in [3.05, 3.63) is 35.7 Å². The molecule has 13 heteroatoms. The lowest BCUT2D eigenvalue weighted by Gasteiger charge is -2.12. The van der Waals surface area contributed by atoms with E-state index < -0.39 is 6.36 Å². The van der Waals surface area contributed by atoms with Crippen molar-refractivity contribution >= 4 is 23.3 Å². The number of carbonyl (C=O) groups excluding carboxylic acids is 1. The minimum atomic E-state index is -4.78. The quantitative estimate of drug-likeness (QED) is 0.471. The van der Waals surface area contributed by atoms with E-state index in [1.165, 1.54) is 28.9 Å². The highest BCUT2D eigenvalue weighted by atomic mass is 32.1. The van der Waals surface area contributed by atoms with Gasteiger partial charge in [0.05, 0.1) is 27.6 Å². The van der Waals surface area contributed by atoms with Gasteiger partial charge in [0.1, 0.15) is 11.4 Å². The second-order valence-electron chi connectivity index (χ2n) is 7.49. The van der Waals surface area contributed by atoms with Crippen LogP contribution >= 0.6 is 11.5 Å². The van der Waals surface area contributed by atoms with Gasteiger partial charge in [0, 0.05) is 6.54 Å². The predicted octanol–water partition coefficient (Wildman–Crippen LogP) is 3.98. The summed E-state index contributed by atoms with van der Waals surface area (Å²) in [6.45, 7) is 4.83. The van der Waals surface area contributed by atoms with Crippen LogP contribution in [0.4, 0.5) is 23.7 Å². The molecule has 178 valence electrons. The molecule has 0 fully saturated rings. The van der Waals surface area contributed by atoms with Crippen molar-refractivity contribution in [2.24, 2.45) is 0 Å². The van der Waals surface area contributed by atoms with Crippen LogP contribution in [0.5, 0.6) is 5.75 Å². The topological polar surface area (TPSA) is 97.2 Å². The molecule has 0 aliphatic carbocycles. The number of carbonyl (C=O) groups is 1. The minimum absolute atomic E-state index is 0.345. The van der Waals surface area contributed by atoms with Crippen molar-refractivity contribution in [2.75, 3.05) is 32.5 Å². The number of nitrogens with one attached hydrogen (secondary N) is 2. The van der Waals surface area contributed by atoms with Crippen LogP contribution in [0.25, 0.3) is 16.3 Å². The number of hydrogen-bond acceptors (Lipinski definition) is 7. The molecule has 0 aliphatic rings. The van der Waals surface area contributed by atoms with Gasteiger partial charge >= 0.3 is 12.4 Å². The number of nitrogens with zero attached hydrogens (tertiary/aromatic N) is 5. The van der Waals surface area contributed by atoms with Crippen LogP contribution in [0.3, 0.4) is 0 Å². The maximum Gasteiger partial charge on any atom is 0.573 e. The van der Waals surface area contributed by atoms with E-state index in [1.54, 1.807) is 13.8 Å². The monoisotopic (exact) mass is 483 g/mol. The summed E-state index contributed by atoms with van der Waals surface area (Å²) in [7, 11) is 3.91. The lowest BCUT2D eigenvalue weighted by molar-refractivity contribution is -0.274. The van der Waals surface area contributed by atoms with Crippen LogP contribution in [-0.2, 0) is 0 Å². The van der Waals surface area contributed by atoms with E-state index in [9.17, 15) is 18.0 Å². The van der Waals surface area contributed by atoms with Gasteiger partial charge in [-0.3, -0.25) is 0 Å². The fourth-order valence-corrected chi connectivity index (χ4v) is 3.76. The van der Waals surface area contributed by atoms with Crippen molar-refractivity contribution in [1.82, 2.24) is 29.6 Å². The van der Waals surface area contributed by atoms with Crippen LogP contribution in [0.1, 0.15) is 17.8 Å². The van der Waals surface area contributed by atoms with E-state index in [0.29, 0.717) is 39.9 Å². The fraction of sp³-hybridized carbons (Fsp3) is 0.400. The van der Waals surface area contributed by atoms with Gasteiger partial charge in [-0.25, -0.2) is 9.48 Å². The first kappa shape index (κ1) is 24.5. The highest BCUT2D eigenvalue weighted by Gasteiger charge is 2.31. The molecule has 33 heavy (non-hydrogen) atoms. The van der Waals surface area contributed by atoms with Crippen molar-refractivity contribution in [2.45, 2.75) is 26.6 Å². The Balaban J connectivity index is 1.91. The standard InChI is InChI=1S/C20H24F3N7O2S/c1-12-16(25-19(31)24-10-5-11-29(3)4)17(18-13(2)26-28-33-18)30(27-12)14-6-8-15(9-7-14)32-20(21,22)23/h6-9H,5,10-11H2,1-4H3,(H2,24,25,31). The lowest BCUT2D eigenvalue weighted by Crippen LogP contribution is -2.31. The molecular weight excluding hydrogens is 459 g/mol. The zero-order valence-electron chi connectivity index (χ0n) is 18.5. The normalized spacial score (nSPS) is 11.6. The van der Waals surface area contributed by atoms with Crippen molar-refractivity contribution in [3.8, 4) is 22.0 Å². The van der Waals surface area contributed by atoms with Gasteiger partial charge in [0.25, 0.3) is 0 Å². The first-order valence-electron chi connectivity index (χ1n) is 10.00. The number of anilines is 1. The Hall–Kier alpha value is -3.19. The molecule has 0 aliphatic heterocycles. The highest BCUT2D eigenvalue weighted by Crippen LogP contribution is 2.37. The van der Waals surface area contributed by atoms with Crippen LogP contribution in [0, 0.1) is 13.8 Å². The minimum Gasteiger partial charge on any atom is -0.406 e. The van der Waals surface area contributed by atoms with Gasteiger partial charge < -0.3 is 20.3 Å². The lowest BCUT2D eigenvalue weighted by atomic mass is 10.2. The Bertz CT molecular complexity index is 1090. The molecule has 0 spiro atoms. The van der Waals surface area contributed by atoms with Crippen molar-refractivity contribution in [3.63, 3.8) is 0 Å². The number of hydrogen-bond donors (Lipinski definition) is 2. The molecule has 0 saturated carbocycles. The summed E-state index contributed by atoms with van der Waals surface area (Å²) in [5.74, 6) is -0.345. The third-order valence-electron chi connectivity index (χ3n) is 4.55. The molecule has 0 atom stereocenters. The third kappa shape index (κ3) is 6.42. The van der Waals surface area contributed by atoms with E-state index in [2.05, 4.69) is 30.1 Å². The number of benzene rings is 1. The van der Waals surface area contributed by atoms with E-state index >= 15 is 0 Å². The van der Waals surface area contributed by atoms with Crippen molar-refractivity contribution in [1.29, 1.82) is 0 Å². The highest BCUT2D eigenvalue weighted by molar-refractivity contribution is 7.09. The number of halogens is 3. The second kappa shape index (κ2) is 10.2. The van der Waals surface area contributed by atoms with Crippen LogP contribution in [-0.4, -0.2) is 63.8 Å². The zero-order valence-corrected chi connectivity index (χ0v) is 19.3. The van der Waals surface area contributed by atoms with E-state index in [1.807, 2.05) is 19.0 Å². The predicted molar refractivity (Wildman–Crippen MR) is 119 cm³/mol. The molecule has 0 bridgehead atoms. The maximum atomic E-state index is 12.5. The largest absolute Gasteiger partial charge is 0.573 e. The second-order valence-corrected chi connectivity index (χ2v) is 8.24. The molecule has 3 rings (SSSR count). The molecule has 3 aromatic rings. The van der Waals surface area contributed by atoms with Gasteiger partial charge in [-0.2, -0.15) is 5.10 Å². The Morgan fingerprint density at radius 3 is 2.45 bits per heavy atom. The van der Waals surface area contributed by atoms with Crippen molar-refractivity contribution < 1.29 is 22.7 Å². The molecule has 2 heterocycles. The smallest absolute Gasteiger partial charge is 0.406 e. The Labute approximate surface area is 192 Å². The molecule has 2 aromatic heterocycles. The molecule has 2 amide bonds. The average molecular weight is 484 g/mol. The molecule has 9 nitrogen and oxygen atoms in total. The van der Waals surface area contributed by atoms with E-state index in [0.717, 1.165) is 24.5 Å². The summed E-state index contributed by atoms with van der Waals surface area (Å²) in [5.41, 5.74) is 2.64. The summed E-state index contributed by atoms with van der Waals surface area (Å²) in [6.07, 6.45) is -3.99. The number of amides is 2. The van der Waals surface area contributed by atoms with Gasteiger partial charge in [-0.05, 0) is 76.7 Å². The summed E-state index contributed by atoms with van der Waals surface area (Å²) < 4.78 is 46.9. The third-order valence-corrected chi connectivity index (χ3v) is 5.38. The number of aromatic nitrogens is 4. The number of aryl methyl sites for hydroxylation is 2. The summed E-state index contributed by atoms with van der Waals surface area (Å²) >= 11 is 1.13.